The first kappa shape index (κ1) is 20.2. The Morgan fingerprint density at radius 1 is 1.03 bits per heavy atom. The maximum atomic E-state index is 12.2. The molecular formula is C25H22O4S. The molecular weight excluding hydrogens is 396 g/mol. The number of benzene rings is 3. The van der Waals surface area contributed by atoms with Gasteiger partial charge in [-0.25, -0.2) is 4.79 Å². The molecule has 0 amide bonds. The third-order valence-corrected chi connectivity index (χ3v) is 6.28. The largest absolute Gasteiger partial charge is 0.488 e. The lowest BCUT2D eigenvalue weighted by atomic mass is 10.1. The van der Waals surface area contributed by atoms with E-state index in [4.69, 9.17) is 4.74 Å². The Bertz CT molecular complexity index is 1100. The van der Waals surface area contributed by atoms with Gasteiger partial charge in [-0.05, 0) is 54.3 Å². The molecule has 0 unspecified atom stereocenters. The molecule has 5 heteroatoms. The van der Waals surface area contributed by atoms with Crippen molar-refractivity contribution >= 4 is 23.5 Å². The first-order valence-corrected chi connectivity index (χ1v) is 10.8. The van der Waals surface area contributed by atoms with Gasteiger partial charge in [-0.1, -0.05) is 42.0 Å². The van der Waals surface area contributed by atoms with E-state index < -0.39 is 5.97 Å². The van der Waals surface area contributed by atoms with Crippen molar-refractivity contribution in [1.82, 2.24) is 0 Å². The number of aromatic carboxylic acids is 1. The van der Waals surface area contributed by atoms with E-state index in [0.717, 1.165) is 33.8 Å². The van der Waals surface area contributed by atoms with Gasteiger partial charge in [0.25, 0.3) is 0 Å². The minimum absolute atomic E-state index is 0.151. The normalized spacial score (nSPS) is 12.6. The van der Waals surface area contributed by atoms with Crippen LogP contribution in [0, 0.1) is 6.92 Å². The molecule has 0 aromatic heterocycles. The van der Waals surface area contributed by atoms with Gasteiger partial charge in [-0.3, -0.25) is 4.79 Å². The van der Waals surface area contributed by atoms with Crippen LogP contribution in [0.2, 0.25) is 0 Å². The molecule has 0 saturated carbocycles. The zero-order valence-electron chi connectivity index (χ0n) is 16.7. The molecule has 0 fully saturated rings. The zero-order chi connectivity index (χ0) is 21.1. The number of aryl methyl sites for hydroxylation is 2. The maximum Gasteiger partial charge on any atom is 0.335 e. The molecule has 0 atom stereocenters. The van der Waals surface area contributed by atoms with Gasteiger partial charge in [0.05, 0.1) is 10.5 Å². The van der Waals surface area contributed by atoms with Crippen LogP contribution in [-0.2, 0) is 18.8 Å². The SMILES string of the molecule is Cc1ccc(CSc2cc3c(cc2OCc2cccc(C(=O)O)c2)C(=O)CC3)cc1. The summed E-state index contributed by atoms with van der Waals surface area (Å²) >= 11 is 1.69. The number of fused-ring (bicyclic) bond motifs is 1. The Balaban J connectivity index is 1.56. The molecule has 4 rings (SSSR count). The molecule has 3 aromatic carbocycles. The van der Waals surface area contributed by atoms with Gasteiger partial charge < -0.3 is 9.84 Å². The summed E-state index contributed by atoms with van der Waals surface area (Å²) in [5.41, 5.74) is 5.27. The van der Waals surface area contributed by atoms with E-state index in [1.54, 1.807) is 30.0 Å². The summed E-state index contributed by atoms with van der Waals surface area (Å²) in [4.78, 5) is 24.4. The van der Waals surface area contributed by atoms with E-state index in [1.807, 2.05) is 12.1 Å². The molecule has 0 heterocycles. The van der Waals surface area contributed by atoms with Crippen LogP contribution in [0.5, 0.6) is 5.75 Å². The third-order valence-electron chi connectivity index (χ3n) is 5.17. The van der Waals surface area contributed by atoms with Gasteiger partial charge in [0.1, 0.15) is 12.4 Å². The summed E-state index contributed by atoms with van der Waals surface area (Å²) in [7, 11) is 0. The number of Topliss-reactive ketones (excluding diaryl/α,β-unsaturated/α-hetero) is 1. The third kappa shape index (κ3) is 4.57. The second kappa shape index (κ2) is 8.76. The molecule has 0 aliphatic heterocycles. The van der Waals surface area contributed by atoms with Crippen LogP contribution >= 0.6 is 11.8 Å². The van der Waals surface area contributed by atoms with E-state index in [9.17, 15) is 14.7 Å². The van der Waals surface area contributed by atoms with Crippen LogP contribution in [0.1, 0.15) is 49.4 Å². The fraction of sp³-hybridized carbons (Fsp3) is 0.200. The van der Waals surface area contributed by atoms with Crippen molar-refractivity contribution < 1.29 is 19.4 Å². The molecule has 1 N–H and O–H groups in total. The second-order valence-corrected chi connectivity index (χ2v) is 8.46. The number of thioether (sulfide) groups is 1. The van der Waals surface area contributed by atoms with Crippen LogP contribution < -0.4 is 4.74 Å². The number of hydrogen-bond donors (Lipinski definition) is 1. The Labute approximate surface area is 179 Å². The highest BCUT2D eigenvalue weighted by molar-refractivity contribution is 7.98. The Hall–Kier alpha value is -3.05. The molecule has 152 valence electrons. The number of carboxylic acids is 1. The lowest BCUT2D eigenvalue weighted by Crippen LogP contribution is -2.02. The molecule has 1 aliphatic carbocycles. The average Bonchev–Trinajstić information content (AvgIpc) is 3.11. The predicted molar refractivity (Wildman–Crippen MR) is 118 cm³/mol. The highest BCUT2D eigenvalue weighted by atomic mass is 32.2. The van der Waals surface area contributed by atoms with Gasteiger partial charge in [-0.2, -0.15) is 0 Å². The highest BCUT2D eigenvalue weighted by Crippen LogP contribution is 2.37. The average molecular weight is 419 g/mol. The summed E-state index contributed by atoms with van der Waals surface area (Å²) in [5.74, 6) is 0.659. The van der Waals surface area contributed by atoms with E-state index in [2.05, 4.69) is 37.3 Å². The molecule has 1 aliphatic rings. The summed E-state index contributed by atoms with van der Waals surface area (Å²) in [5, 5.41) is 9.19. The van der Waals surface area contributed by atoms with Gasteiger partial charge in [0.15, 0.2) is 5.78 Å². The van der Waals surface area contributed by atoms with Crippen LogP contribution in [0.3, 0.4) is 0 Å². The summed E-state index contributed by atoms with van der Waals surface area (Å²) in [6.45, 7) is 2.31. The standard InChI is InChI=1S/C25H22O4S/c1-16-5-7-17(8-6-16)15-30-24-12-19-9-10-22(26)21(19)13-23(24)29-14-18-3-2-4-20(11-18)25(27)28/h2-8,11-13H,9-10,14-15H2,1H3,(H,27,28). The molecule has 0 bridgehead atoms. The number of carboxylic acid groups (broad SMARTS) is 1. The van der Waals surface area contributed by atoms with Gasteiger partial charge in [0.2, 0.25) is 0 Å². The van der Waals surface area contributed by atoms with E-state index in [0.29, 0.717) is 12.2 Å². The molecule has 0 saturated heterocycles. The molecule has 0 radical (unpaired) electrons. The quantitative estimate of drug-likeness (QED) is 0.499. The minimum Gasteiger partial charge on any atom is -0.488 e. The van der Waals surface area contributed by atoms with Crippen LogP contribution in [-0.4, -0.2) is 16.9 Å². The maximum absolute atomic E-state index is 12.2. The number of carbonyl (C=O) groups excluding carboxylic acids is 1. The summed E-state index contributed by atoms with van der Waals surface area (Å²) in [6, 6.07) is 19.1. The second-order valence-electron chi connectivity index (χ2n) is 7.45. The number of rotatable bonds is 7. The summed E-state index contributed by atoms with van der Waals surface area (Å²) in [6.07, 6.45) is 1.31. The van der Waals surface area contributed by atoms with E-state index in [-0.39, 0.29) is 18.0 Å². The van der Waals surface area contributed by atoms with Gasteiger partial charge in [-0.15, -0.1) is 11.8 Å². The number of hydrogen-bond acceptors (Lipinski definition) is 4. The highest BCUT2D eigenvalue weighted by Gasteiger charge is 2.22. The van der Waals surface area contributed by atoms with Crippen molar-refractivity contribution in [2.75, 3.05) is 0 Å². The van der Waals surface area contributed by atoms with E-state index >= 15 is 0 Å². The smallest absolute Gasteiger partial charge is 0.335 e. The molecule has 0 spiro atoms. The monoisotopic (exact) mass is 418 g/mol. The van der Waals surface area contributed by atoms with Crippen molar-refractivity contribution in [3.05, 3.63) is 94.0 Å². The number of ether oxygens (including phenoxy) is 1. The lowest BCUT2D eigenvalue weighted by Gasteiger charge is -2.14. The van der Waals surface area contributed by atoms with Crippen molar-refractivity contribution in [2.45, 2.75) is 37.0 Å². The van der Waals surface area contributed by atoms with Crippen LogP contribution in [0.4, 0.5) is 0 Å². The van der Waals surface area contributed by atoms with E-state index in [1.165, 1.54) is 11.1 Å². The Morgan fingerprint density at radius 3 is 2.60 bits per heavy atom. The lowest BCUT2D eigenvalue weighted by molar-refractivity contribution is 0.0696. The van der Waals surface area contributed by atoms with Crippen molar-refractivity contribution in [3.8, 4) is 5.75 Å². The first-order valence-electron chi connectivity index (χ1n) is 9.83. The van der Waals surface area contributed by atoms with Crippen molar-refractivity contribution in [3.63, 3.8) is 0 Å². The van der Waals surface area contributed by atoms with Crippen LogP contribution in [0.15, 0.2) is 65.6 Å². The van der Waals surface area contributed by atoms with Gasteiger partial charge >= 0.3 is 5.97 Å². The fourth-order valence-electron chi connectivity index (χ4n) is 3.48. The number of ketones is 1. The molecule has 4 nitrogen and oxygen atoms in total. The Kier molecular flexibility index (Phi) is 5.91. The number of carbonyl (C=O) groups is 2. The molecule has 3 aromatic rings. The molecule has 30 heavy (non-hydrogen) atoms. The summed E-state index contributed by atoms with van der Waals surface area (Å²) < 4.78 is 6.07. The Morgan fingerprint density at radius 2 is 1.83 bits per heavy atom. The van der Waals surface area contributed by atoms with Gasteiger partial charge in [0, 0.05) is 17.7 Å². The predicted octanol–water partition coefficient (Wildman–Crippen LogP) is 5.69. The van der Waals surface area contributed by atoms with Crippen LogP contribution in [0.25, 0.3) is 0 Å². The van der Waals surface area contributed by atoms with Crippen molar-refractivity contribution in [2.24, 2.45) is 0 Å². The fourth-order valence-corrected chi connectivity index (χ4v) is 4.48. The van der Waals surface area contributed by atoms with Crippen molar-refractivity contribution in [1.29, 1.82) is 0 Å². The first-order chi connectivity index (χ1) is 14.5. The zero-order valence-corrected chi connectivity index (χ0v) is 17.5. The minimum atomic E-state index is -0.964. The topological polar surface area (TPSA) is 63.6 Å².